The number of anilines is 1. The van der Waals surface area contributed by atoms with Crippen LogP contribution in [-0.2, 0) is 19.8 Å². The zero-order valence-corrected chi connectivity index (χ0v) is 10.8. The smallest absolute Gasteiger partial charge is 0.379 e. The van der Waals surface area contributed by atoms with Crippen molar-refractivity contribution in [2.45, 2.75) is 19.6 Å². The van der Waals surface area contributed by atoms with Crippen molar-refractivity contribution in [3.8, 4) is 0 Å². The maximum atomic E-state index is 12.6. The van der Waals surface area contributed by atoms with Gasteiger partial charge in [0.25, 0.3) is 0 Å². The Balaban J connectivity index is 2.18. The predicted octanol–water partition coefficient (Wildman–Crippen LogP) is 3.96. The fourth-order valence-electron chi connectivity index (χ4n) is 1.85. The van der Waals surface area contributed by atoms with Crippen LogP contribution in [0.4, 0.5) is 18.9 Å². The second-order valence-corrected chi connectivity index (χ2v) is 4.49. The molecular weight excluding hydrogens is 253 g/mol. The summed E-state index contributed by atoms with van der Waals surface area (Å²) in [5.74, 6) is 0. The molecule has 0 aliphatic rings. The first-order valence-electron chi connectivity index (χ1n) is 5.90. The average Bonchev–Trinajstić information content (AvgIpc) is 2.72. The van der Waals surface area contributed by atoms with Crippen molar-refractivity contribution in [1.82, 2.24) is 4.57 Å². The van der Waals surface area contributed by atoms with Crippen LogP contribution in [0.5, 0.6) is 0 Å². The number of hydrogen-bond acceptors (Lipinski definition) is 1. The number of alkyl halides is 3. The Morgan fingerprint density at radius 1 is 1.21 bits per heavy atom. The number of rotatable bonds is 3. The van der Waals surface area contributed by atoms with Crippen LogP contribution in [-0.4, -0.2) is 4.57 Å². The topological polar surface area (TPSA) is 17.0 Å². The average molecular weight is 268 g/mol. The Morgan fingerprint density at radius 2 is 1.95 bits per heavy atom. The molecule has 5 heteroatoms. The van der Waals surface area contributed by atoms with E-state index in [9.17, 15) is 13.2 Å². The molecule has 0 saturated heterocycles. The molecule has 0 radical (unpaired) electrons. The molecule has 2 aromatic rings. The number of benzene rings is 1. The zero-order chi connectivity index (χ0) is 14.0. The largest absolute Gasteiger partial charge is 0.416 e. The molecular formula is C14H15F3N2. The van der Waals surface area contributed by atoms with Crippen LogP contribution >= 0.6 is 0 Å². The standard InChI is InChI=1S/C14H15F3N2/c1-10-5-6-11(14(15,16)17)8-13(10)18-9-12-4-3-7-19(12)2/h3-8,18H,9H2,1-2H3. The molecule has 0 fully saturated rings. The van der Waals surface area contributed by atoms with E-state index in [0.717, 1.165) is 23.4 Å². The summed E-state index contributed by atoms with van der Waals surface area (Å²) in [4.78, 5) is 0. The van der Waals surface area contributed by atoms with Gasteiger partial charge in [-0.2, -0.15) is 13.2 Å². The number of halogens is 3. The van der Waals surface area contributed by atoms with E-state index < -0.39 is 11.7 Å². The van der Waals surface area contributed by atoms with Gasteiger partial charge in [0.15, 0.2) is 0 Å². The lowest BCUT2D eigenvalue weighted by Gasteiger charge is -2.13. The minimum Gasteiger partial charge on any atom is -0.379 e. The van der Waals surface area contributed by atoms with Gasteiger partial charge >= 0.3 is 6.18 Å². The lowest BCUT2D eigenvalue weighted by molar-refractivity contribution is -0.137. The Morgan fingerprint density at radius 3 is 2.53 bits per heavy atom. The second-order valence-electron chi connectivity index (χ2n) is 4.49. The van der Waals surface area contributed by atoms with Crippen LogP contribution < -0.4 is 5.32 Å². The minimum absolute atomic E-state index is 0.492. The summed E-state index contributed by atoms with van der Waals surface area (Å²) in [5.41, 5.74) is 1.68. The van der Waals surface area contributed by atoms with Gasteiger partial charge in [0.2, 0.25) is 0 Å². The molecule has 0 atom stereocenters. The fourth-order valence-corrected chi connectivity index (χ4v) is 1.85. The molecule has 2 rings (SSSR count). The van der Waals surface area contributed by atoms with Crippen LogP contribution in [0.1, 0.15) is 16.8 Å². The summed E-state index contributed by atoms with van der Waals surface area (Å²) in [6.07, 6.45) is -2.41. The van der Waals surface area contributed by atoms with Gasteiger partial charge in [0.05, 0.1) is 12.1 Å². The lowest BCUT2D eigenvalue weighted by Crippen LogP contribution is -2.08. The summed E-state index contributed by atoms with van der Waals surface area (Å²) in [7, 11) is 1.90. The van der Waals surface area contributed by atoms with E-state index in [1.165, 1.54) is 6.07 Å². The van der Waals surface area contributed by atoms with Crippen molar-refractivity contribution in [2.24, 2.45) is 7.05 Å². The Labute approximate surface area is 109 Å². The molecule has 0 unspecified atom stereocenters. The highest BCUT2D eigenvalue weighted by atomic mass is 19.4. The first-order valence-corrected chi connectivity index (χ1v) is 5.90. The molecule has 19 heavy (non-hydrogen) atoms. The molecule has 1 aromatic carbocycles. The van der Waals surface area contributed by atoms with Gasteiger partial charge in [-0.3, -0.25) is 0 Å². The predicted molar refractivity (Wildman–Crippen MR) is 68.9 cm³/mol. The van der Waals surface area contributed by atoms with Crippen LogP contribution in [0, 0.1) is 6.92 Å². The number of nitrogens with zero attached hydrogens (tertiary/aromatic N) is 1. The van der Waals surface area contributed by atoms with Gasteiger partial charge in [-0.05, 0) is 36.8 Å². The molecule has 0 spiro atoms. The number of aromatic nitrogens is 1. The van der Waals surface area contributed by atoms with Crippen LogP contribution in [0.15, 0.2) is 36.5 Å². The highest BCUT2D eigenvalue weighted by molar-refractivity contribution is 5.53. The highest BCUT2D eigenvalue weighted by Gasteiger charge is 2.30. The molecule has 1 N–H and O–H groups in total. The minimum atomic E-state index is -4.31. The maximum absolute atomic E-state index is 12.6. The van der Waals surface area contributed by atoms with Gasteiger partial charge in [-0.1, -0.05) is 6.07 Å². The Hall–Kier alpha value is -1.91. The summed E-state index contributed by atoms with van der Waals surface area (Å²) < 4.78 is 39.9. The molecule has 0 aliphatic heterocycles. The van der Waals surface area contributed by atoms with Gasteiger partial charge in [-0.25, -0.2) is 0 Å². The van der Waals surface area contributed by atoms with Crippen molar-refractivity contribution in [3.63, 3.8) is 0 Å². The zero-order valence-electron chi connectivity index (χ0n) is 10.8. The normalized spacial score (nSPS) is 11.6. The van der Waals surface area contributed by atoms with Crippen LogP contribution in [0.3, 0.4) is 0 Å². The van der Waals surface area contributed by atoms with Gasteiger partial charge < -0.3 is 9.88 Å². The summed E-state index contributed by atoms with van der Waals surface area (Å²) >= 11 is 0. The second kappa shape index (κ2) is 4.99. The quantitative estimate of drug-likeness (QED) is 0.891. The third-order valence-corrected chi connectivity index (χ3v) is 3.08. The van der Waals surface area contributed by atoms with Crippen molar-refractivity contribution >= 4 is 5.69 Å². The monoisotopic (exact) mass is 268 g/mol. The van der Waals surface area contributed by atoms with Gasteiger partial charge in [0, 0.05) is 24.6 Å². The summed E-state index contributed by atoms with van der Waals surface area (Å²) in [6.45, 7) is 2.28. The number of hydrogen-bond donors (Lipinski definition) is 1. The van der Waals surface area contributed by atoms with Gasteiger partial charge in [-0.15, -0.1) is 0 Å². The fraction of sp³-hybridized carbons (Fsp3) is 0.286. The highest BCUT2D eigenvalue weighted by Crippen LogP contribution is 2.32. The number of nitrogens with one attached hydrogen (secondary N) is 1. The SMILES string of the molecule is Cc1ccc(C(F)(F)F)cc1NCc1cccn1C. The summed E-state index contributed by atoms with van der Waals surface area (Å²) in [5, 5.41) is 3.05. The lowest BCUT2D eigenvalue weighted by atomic mass is 10.1. The first kappa shape index (κ1) is 13.5. The van der Waals surface area contributed by atoms with E-state index in [2.05, 4.69) is 5.32 Å². The molecule has 0 aliphatic carbocycles. The third kappa shape index (κ3) is 3.10. The van der Waals surface area contributed by atoms with Crippen molar-refractivity contribution in [3.05, 3.63) is 53.3 Å². The molecule has 0 bridgehead atoms. The first-order chi connectivity index (χ1) is 8.88. The van der Waals surface area contributed by atoms with Gasteiger partial charge in [0.1, 0.15) is 0 Å². The van der Waals surface area contributed by atoms with Crippen molar-refractivity contribution in [1.29, 1.82) is 0 Å². The Bertz CT molecular complexity index is 570. The van der Waals surface area contributed by atoms with E-state index in [1.807, 2.05) is 29.9 Å². The third-order valence-electron chi connectivity index (χ3n) is 3.08. The van der Waals surface area contributed by atoms with E-state index in [0.29, 0.717) is 12.2 Å². The maximum Gasteiger partial charge on any atom is 0.416 e. The molecule has 1 heterocycles. The Kier molecular flexibility index (Phi) is 3.55. The van der Waals surface area contributed by atoms with E-state index in [1.54, 1.807) is 6.92 Å². The molecule has 0 saturated carbocycles. The van der Waals surface area contributed by atoms with Crippen LogP contribution in [0.2, 0.25) is 0 Å². The summed E-state index contributed by atoms with van der Waals surface area (Å²) in [6, 6.07) is 7.56. The van der Waals surface area contributed by atoms with E-state index >= 15 is 0 Å². The van der Waals surface area contributed by atoms with E-state index in [4.69, 9.17) is 0 Å². The van der Waals surface area contributed by atoms with Crippen molar-refractivity contribution < 1.29 is 13.2 Å². The molecule has 0 amide bonds. The van der Waals surface area contributed by atoms with Crippen LogP contribution in [0.25, 0.3) is 0 Å². The number of aryl methyl sites for hydroxylation is 2. The van der Waals surface area contributed by atoms with E-state index in [-0.39, 0.29) is 0 Å². The van der Waals surface area contributed by atoms with Crippen molar-refractivity contribution in [2.75, 3.05) is 5.32 Å². The molecule has 2 nitrogen and oxygen atoms in total. The molecule has 1 aromatic heterocycles. The molecule has 102 valence electrons.